The van der Waals surface area contributed by atoms with Gasteiger partial charge in [-0.15, -0.1) is 0 Å². The molecule has 1 unspecified atom stereocenters. The van der Waals surface area contributed by atoms with Crippen molar-refractivity contribution in [1.82, 2.24) is 5.32 Å². The molecular weight excluding hydrogens is 340 g/mol. The average Bonchev–Trinajstić information content (AvgIpc) is 2.59. The van der Waals surface area contributed by atoms with E-state index in [4.69, 9.17) is 4.74 Å². The smallest absolute Gasteiger partial charge is 0.257 e. The van der Waals surface area contributed by atoms with Crippen molar-refractivity contribution in [2.24, 2.45) is 5.92 Å². The second-order valence-electron chi connectivity index (χ2n) is 6.23. The zero-order valence-electron chi connectivity index (χ0n) is 15.6. The van der Waals surface area contributed by atoms with Gasteiger partial charge in [-0.05, 0) is 36.6 Å². The van der Waals surface area contributed by atoms with E-state index in [1.807, 2.05) is 0 Å². The zero-order valence-corrected chi connectivity index (χ0v) is 16.4. The van der Waals surface area contributed by atoms with E-state index in [2.05, 4.69) is 19.2 Å². The molecule has 142 valence electrons. The Labute approximate surface area is 151 Å². The first-order valence-corrected chi connectivity index (χ1v) is 10.6. The second kappa shape index (κ2) is 10.3. The predicted octanol–water partition coefficient (Wildman–Crippen LogP) is 2.79. The molecule has 0 aliphatic carbocycles. The Kier molecular flexibility index (Phi) is 8.75. The van der Waals surface area contributed by atoms with Gasteiger partial charge in [-0.2, -0.15) is 0 Å². The van der Waals surface area contributed by atoms with E-state index in [1.54, 1.807) is 24.3 Å². The van der Waals surface area contributed by atoms with Crippen molar-refractivity contribution in [3.05, 3.63) is 24.3 Å². The Balaban J connectivity index is 2.43. The summed E-state index contributed by atoms with van der Waals surface area (Å²) < 4.78 is 29.6. The van der Waals surface area contributed by atoms with Crippen LogP contribution in [0, 0.1) is 5.92 Å². The van der Waals surface area contributed by atoms with Crippen molar-refractivity contribution in [2.45, 2.75) is 39.5 Å². The number of benzene rings is 1. The minimum Gasteiger partial charge on any atom is -0.484 e. The Morgan fingerprint density at radius 3 is 2.40 bits per heavy atom. The number of hydrogen-bond donors (Lipinski definition) is 1. The molecule has 0 aliphatic rings. The van der Waals surface area contributed by atoms with Crippen LogP contribution in [0.3, 0.4) is 0 Å². The van der Waals surface area contributed by atoms with E-state index >= 15 is 0 Å². The molecule has 0 fully saturated rings. The molecule has 7 heteroatoms. The van der Waals surface area contributed by atoms with Gasteiger partial charge in [0.2, 0.25) is 10.0 Å². The van der Waals surface area contributed by atoms with Crippen LogP contribution in [0.5, 0.6) is 5.75 Å². The Bertz CT molecular complexity index is 629. The lowest BCUT2D eigenvalue weighted by Gasteiger charge is -2.17. The number of hydrogen-bond acceptors (Lipinski definition) is 4. The molecule has 0 heterocycles. The third kappa shape index (κ3) is 7.77. The molecule has 1 atom stereocenters. The average molecular weight is 371 g/mol. The number of carbonyl (C=O) groups excluding carboxylic acids is 1. The van der Waals surface area contributed by atoms with Crippen molar-refractivity contribution >= 4 is 21.6 Å². The van der Waals surface area contributed by atoms with Crippen LogP contribution in [0.4, 0.5) is 5.69 Å². The van der Waals surface area contributed by atoms with Gasteiger partial charge in [0.15, 0.2) is 6.61 Å². The standard InChI is InChI=1S/C18H30N2O4S/c1-5-7-8-15(6-2)13-19-18(21)14-24-17-11-9-16(10-12-17)20(3)25(4,22)23/h9-12,15H,5-8,13-14H2,1-4H3,(H,19,21). The lowest BCUT2D eigenvalue weighted by molar-refractivity contribution is -0.123. The van der Waals surface area contributed by atoms with Crippen molar-refractivity contribution in [1.29, 1.82) is 0 Å². The zero-order chi connectivity index (χ0) is 18.9. The van der Waals surface area contributed by atoms with Gasteiger partial charge < -0.3 is 10.1 Å². The lowest BCUT2D eigenvalue weighted by Crippen LogP contribution is -2.33. The Hall–Kier alpha value is -1.76. The maximum Gasteiger partial charge on any atom is 0.257 e. The fraction of sp³-hybridized carbons (Fsp3) is 0.611. The van der Waals surface area contributed by atoms with Gasteiger partial charge in [0.25, 0.3) is 5.91 Å². The highest BCUT2D eigenvalue weighted by molar-refractivity contribution is 7.92. The van der Waals surface area contributed by atoms with Gasteiger partial charge >= 0.3 is 0 Å². The van der Waals surface area contributed by atoms with Gasteiger partial charge in [-0.25, -0.2) is 8.42 Å². The van der Waals surface area contributed by atoms with Crippen LogP contribution in [-0.2, 0) is 14.8 Å². The first-order chi connectivity index (χ1) is 11.8. The molecular formula is C18H30N2O4S. The van der Waals surface area contributed by atoms with Gasteiger partial charge in [0.1, 0.15) is 5.75 Å². The normalized spacial score (nSPS) is 12.5. The Morgan fingerprint density at radius 2 is 1.88 bits per heavy atom. The number of ether oxygens (including phenoxy) is 1. The third-order valence-corrected chi connectivity index (χ3v) is 5.40. The summed E-state index contributed by atoms with van der Waals surface area (Å²) in [6.07, 6.45) is 5.67. The second-order valence-corrected chi connectivity index (χ2v) is 8.25. The highest BCUT2D eigenvalue weighted by Gasteiger charge is 2.12. The van der Waals surface area contributed by atoms with E-state index < -0.39 is 10.0 Å². The van der Waals surface area contributed by atoms with Crippen LogP contribution < -0.4 is 14.4 Å². The molecule has 1 aromatic rings. The highest BCUT2D eigenvalue weighted by Crippen LogP contribution is 2.20. The number of sulfonamides is 1. The van der Waals surface area contributed by atoms with E-state index in [1.165, 1.54) is 17.8 Å². The van der Waals surface area contributed by atoms with Crippen LogP contribution >= 0.6 is 0 Å². The molecule has 25 heavy (non-hydrogen) atoms. The summed E-state index contributed by atoms with van der Waals surface area (Å²) in [7, 11) is -1.80. The lowest BCUT2D eigenvalue weighted by atomic mass is 9.99. The molecule has 1 rings (SSSR count). The van der Waals surface area contributed by atoms with E-state index in [9.17, 15) is 13.2 Å². The fourth-order valence-electron chi connectivity index (χ4n) is 2.35. The van der Waals surface area contributed by atoms with Gasteiger partial charge in [-0.3, -0.25) is 9.10 Å². The molecule has 0 aromatic heterocycles. The van der Waals surface area contributed by atoms with E-state index in [0.29, 0.717) is 23.9 Å². The van der Waals surface area contributed by atoms with Gasteiger partial charge in [0.05, 0.1) is 11.9 Å². The quantitative estimate of drug-likeness (QED) is 0.650. The summed E-state index contributed by atoms with van der Waals surface area (Å²) in [6, 6.07) is 6.60. The van der Waals surface area contributed by atoms with Gasteiger partial charge in [-0.1, -0.05) is 33.1 Å². The van der Waals surface area contributed by atoms with Crippen LogP contribution in [0.15, 0.2) is 24.3 Å². The molecule has 0 saturated heterocycles. The third-order valence-electron chi connectivity index (χ3n) is 4.20. The largest absolute Gasteiger partial charge is 0.484 e. The molecule has 0 aliphatic heterocycles. The maximum atomic E-state index is 11.9. The monoisotopic (exact) mass is 370 g/mol. The van der Waals surface area contributed by atoms with E-state index in [0.717, 1.165) is 25.5 Å². The minimum absolute atomic E-state index is 0.0501. The first-order valence-electron chi connectivity index (χ1n) is 8.71. The van der Waals surface area contributed by atoms with Crippen molar-refractivity contribution < 1.29 is 17.9 Å². The van der Waals surface area contributed by atoms with Crippen molar-refractivity contribution in [3.8, 4) is 5.75 Å². The fourth-order valence-corrected chi connectivity index (χ4v) is 2.85. The van der Waals surface area contributed by atoms with Crippen LogP contribution in [0.2, 0.25) is 0 Å². The number of nitrogens with one attached hydrogen (secondary N) is 1. The SMILES string of the molecule is CCCCC(CC)CNC(=O)COc1ccc(N(C)S(C)(=O)=O)cc1. The number of unbranched alkanes of at least 4 members (excludes halogenated alkanes) is 1. The minimum atomic E-state index is -3.29. The molecule has 0 saturated carbocycles. The van der Waals surface area contributed by atoms with Crippen molar-refractivity contribution in [3.63, 3.8) is 0 Å². The first kappa shape index (κ1) is 21.3. The number of nitrogens with zero attached hydrogens (tertiary/aromatic N) is 1. The molecule has 6 nitrogen and oxygen atoms in total. The number of carbonyl (C=O) groups is 1. The Morgan fingerprint density at radius 1 is 1.24 bits per heavy atom. The molecule has 0 bridgehead atoms. The summed E-state index contributed by atoms with van der Waals surface area (Å²) in [5, 5.41) is 2.91. The van der Waals surface area contributed by atoms with Crippen molar-refractivity contribution in [2.75, 3.05) is 30.8 Å². The maximum absolute atomic E-state index is 11.9. The molecule has 0 radical (unpaired) electrons. The highest BCUT2D eigenvalue weighted by atomic mass is 32.2. The summed E-state index contributed by atoms with van der Waals surface area (Å²) in [4.78, 5) is 11.9. The van der Waals surface area contributed by atoms with E-state index in [-0.39, 0.29) is 12.5 Å². The van der Waals surface area contributed by atoms with Gasteiger partial charge in [0, 0.05) is 13.6 Å². The van der Waals surface area contributed by atoms with Crippen LogP contribution in [-0.4, -0.2) is 40.8 Å². The van der Waals surface area contributed by atoms with Crippen LogP contribution in [0.1, 0.15) is 39.5 Å². The number of amides is 1. The number of anilines is 1. The summed E-state index contributed by atoms with van der Waals surface area (Å²) >= 11 is 0. The summed E-state index contributed by atoms with van der Waals surface area (Å²) in [5.74, 6) is 0.890. The molecule has 1 N–H and O–H groups in total. The predicted molar refractivity (Wildman–Crippen MR) is 101 cm³/mol. The molecule has 1 amide bonds. The summed E-state index contributed by atoms with van der Waals surface area (Å²) in [6.45, 7) is 4.93. The summed E-state index contributed by atoms with van der Waals surface area (Å²) in [5.41, 5.74) is 0.543. The molecule has 1 aromatic carbocycles. The van der Waals surface area contributed by atoms with Crippen LogP contribution in [0.25, 0.3) is 0 Å². The topological polar surface area (TPSA) is 75.7 Å². The number of rotatable bonds is 11. The molecule has 0 spiro atoms.